The minimum absolute atomic E-state index is 0.0150. The number of carbonyl (C=O) groups excluding carboxylic acids is 2. The first-order valence-corrected chi connectivity index (χ1v) is 8.52. The lowest BCUT2D eigenvalue weighted by molar-refractivity contribution is -0.137. The second kappa shape index (κ2) is 4.41. The molecular weight excluding hydrogens is 276 g/mol. The molecule has 22 heavy (non-hydrogen) atoms. The highest BCUT2D eigenvalue weighted by atomic mass is 16.3. The second-order valence-electron chi connectivity index (χ2n) is 8.14. The third-order valence-corrected chi connectivity index (χ3v) is 7.18. The van der Waals surface area contributed by atoms with Crippen LogP contribution in [0.2, 0.25) is 0 Å². The van der Waals surface area contributed by atoms with Gasteiger partial charge in [-0.25, -0.2) is 0 Å². The summed E-state index contributed by atoms with van der Waals surface area (Å²) in [5.74, 6) is 1.04. The average molecular weight is 300 g/mol. The molecule has 0 aromatic heterocycles. The highest BCUT2D eigenvalue weighted by Gasteiger charge is 2.60. The first kappa shape index (κ1) is 14.4. The maximum absolute atomic E-state index is 12.8. The predicted molar refractivity (Wildman–Crippen MR) is 83.0 cm³/mol. The molecule has 2 fully saturated rings. The van der Waals surface area contributed by atoms with Crippen LogP contribution in [0, 0.1) is 28.6 Å². The molecule has 0 spiro atoms. The number of carbonyl (C=O) groups is 2. The van der Waals surface area contributed by atoms with Gasteiger partial charge in [0.15, 0.2) is 5.78 Å². The van der Waals surface area contributed by atoms with E-state index in [2.05, 4.69) is 19.9 Å². The van der Waals surface area contributed by atoms with E-state index in [0.29, 0.717) is 18.6 Å². The molecule has 2 saturated carbocycles. The number of rotatable bonds is 0. The summed E-state index contributed by atoms with van der Waals surface area (Å²) in [4.78, 5) is 25.2. The van der Waals surface area contributed by atoms with Crippen molar-refractivity contribution in [3.8, 4) is 0 Å². The van der Waals surface area contributed by atoms with Gasteiger partial charge >= 0.3 is 0 Å². The van der Waals surface area contributed by atoms with Crippen LogP contribution in [0.4, 0.5) is 0 Å². The number of aliphatic hydroxyl groups excluding tert-OH is 1. The predicted octanol–water partition coefficient (Wildman–Crippen LogP) is 2.83. The Kier molecular flexibility index (Phi) is 2.88. The van der Waals surface area contributed by atoms with Gasteiger partial charge in [0.2, 0.25) is 0 Å². The highest BCUT2D eigenvalue weighted by Crippen LogP contribution is 2.62. The van der Waals surface area contributed by atoms with E-state index in [0.717, 1.165) is 24.8 Å². The van der Waals surface area contributed by atoms with Crippen molar-refractivity contribution in [2.24, 2.45) is 28.6 Å². The summed E-state index contributed by atoms with van der Waals surface area (Å²) in [6, 6.07) is 0. The molecule has 3 nitrogen and oxygen atoms in total. The normalized spacial score (nSPS) is 50.2. The number of ketones is 2. The molecule has 0 aliphatic heterocycles. The van der Waals surface area contributed by atoms with E-state index in [1.165, 1.54) is 0 Å². The summed E-state index contributed by atoms with van der Waals surface area (Å²) in [6.07, 6.45) is 9.26. The molecule has 4 rings (SSSR count). The Balaban J connectivity index is 1.79. The molecule has 118 valence electrons. The monoisotopic (exact) mass is 300 g/mol. The van der Waals surface area contributed by atoms with Crippen LogP contribution in [0.3, 0.4) is 0 Å². The molecule has 4 aliphatic carbocycles. The molecule has 0 bridgehead atoms. The first-order valence-electron chi connectivity index (χ1n) is 8.52. The summed E-state index contributed by atoms with van der Waals surface area (Å²) in [5, 5.41) is 9.89. The van der Waals surface area contributed by atoms with E-state index < -0.39 is 6.10 Å². The van der Waals surface area contributed by atoms with Gasteiger partial charge in [-0.1, -0.05) is 31.6 Å². The Hall–Kier alpha value is -1.22. The molecular formula is C19H24O3. The summed E-state index contributed by atoms with van der Waals surface area (Å²) in [5.41, 5.74) is 0.683. The Morgan fingerprint density at radius 3 is 2.73 bits per heavy atom. The fourth-order valence-electron chi connectivity index (χ4n) is 5.76. The van der Waals surface area contributed by atoms with Crippen molar-refractivity contribution in [3.63, 3.8) is 0 Å². The topological polar surface area (TPSA) is 54.4 Å². The van der Waals surface area contributed by atoms with Crippen molar-refractivity contribution in [2.75, 3.05) is 0 Å². The molecule has 0 heterocycles. The smallest absolute Gasteiger partial charge is 0.159 e. The zero-order valence-corrected chi connectivity index (χ0v) is 13.3. The number of hydrogen-bond donors (Lipinski definition) is 1. The molecule has 1 N–H and O–H groups in total. The lowest BCUT2D eigenvalue weighted by Gasteiger charge is -2.54. The van der Waals surface area contributed by atoms with E-state index in [4.69, 9.17) is 0 Å². The standard InChI is InChI=1S/C19H24O3/c1-18-7-5-12(20)9-11(18)10-15(21)17-13-3-4-16(22)19(13,2)8-6-14(17)18/h5,7,10,12-14,17,20H,3-4,6,8-9H2,1-2H3/t12?,13-,14+,17-,18-,19-/m0/s1. The molecule has 1 unspecified atom stereocenters. The second-order valence-corrected chi connectivity index (χ2v) is 8.14. The van der Waals surface area contributed by atoms with E-state index in [-0.39, 0.29) is 34.4 Å². The fraction of sp³-hybridized carbons (Fsp3) is 0.684. The number of Topliss-reactive ketones (excluding diaryl/α,β-unsaturated/α-hetero) is 1. The Morgan fingerprint density at radius 1 is 1.18 bits per heavy atom. The molecule has 0 saturated heterocycles. The molecule has 0 radical (unpaired) electrons. The number of fused-ring (bicyclic) bond motifs is 5. The molecule has 4 aliphatic rings. The first-order chi connectivity index (χ1) is 10.4. The van der Waals surface area contributed by atoms with Crippen LogP contribution < -0.4 is 0 Å². The van der Waals surface area contributed by atoms with Crippen LogP contribution in [-0.4, -0.2) is 22.8 Å². The SMILES string of the molecule is C[C@]12C=CC(O)CC1=CC(=O)[C@@H]1[C@H]2CC[C@]2(C)C(=O)CC[C@@H]12. The van der Waals surface area contributed by atoms with E-state index in [1.54, 1.807) is 6.08 Å². The minimum Gasteiger partial charge on any atom is -0.389 e. The zero-order valence-electron chi connectivity index (χ0n) is 13.3. The van der Waals surface area contributed by atoms with E-state index in [9.17, 15) is 14.7 Å². The van der Waals surface area contributed by atoms with Crippen molar-refractivity contribution in [3.05, 3.63) is 23.8 Å². The lowest BCUT2D eigenvalue weighted by Crippen LogP contribution is -2.52. The van der Waals surface area contributed by atoms with Gasteiger partial charge in [0.25, 0.3) is 0 Å². The van der Waals surface area contributed by atoms with Crippen LogP contribution in [-0.2, 0) is 9.59 Å². The Bertz CT molecular complexity index is 616. The van der Waals surface area contributed by atoms with Gasteiger partial charge in [-0.3, -0.25) is 9.59 Å². The maximum Gasteiger partial charge on any atom is 0.159 e. The lowest BCUT2D eigenvalue weighted by atomic mass is 9.49. The zero-order chi connectivity index (χ0) is 15.7. The van der Waals surface area contributed by atoms with Crippen LogP contribution in [0.1, 0.15) is 46.0 Å². The van der Waals surface area contributed by atoms with Crippen molar-refractivity contribution < 1.29 is 14.7 Å². The number of hydrogen-bond acceptors (Lipinski definition) is 3. The minimum atomic E-state index is -0.467. The van der Waals surface area contributed by atoms with Gasteiger partial charge < -0.3 is 5.11 Å². The van der Waals surface area contributed by atoms with E-state index >= 15 is 0 Å². The van der Waals surface area contributed by atoms with Crippen LogP contribution in [0.5, 0.6) is 0 Å². The molecule has 6 atom stereocenters. The Labute approximate surface area is 131 Å². The van der Waals surface area contributed by atoms with Crippen molar-refractivity contribution in [1.29, 1.82) is 0 Å². The molecule has 3 heteroatoms. The molecule has 0 aromatic carbocycles. The van der Waals surface area contributed by atoms with Crippen LogP contribution in [0.25, 0.3) is 0 Å². The van der Waals surface area contributed by atoms with Crippen molar-refractivity contribution >= 4 is 11.6 Å². The summed E-state index contributed by atoms with van der Waals surface area (Å²) < 4.78 is 0. The fourth-order valence-corrected chi connectivity index (χ4v) is 5.76. The van der Waals surface area contributed by atoms with Gasteiger partial charge in [0, 0.05) is 23.2 Å². The van der Waals surface area contributed by atoms with Gasteiger partial charge in [0.05, 0.1) is 6.10 Å². The van der Waals surface area contributed by atoms with Crippen molar-refractivity contribution in [2.45, 2.75) is 52.1 Å². The van der Waals surface area contributed by atoms with Crippen molar-refractivity contribution in [1.82, 2.24) is 0 Å². The number of allylic oxidation sites excluding steroid dienone is 2. The average Bonchev–Trinajstić information content (AvgIpc) is 2.77. The summed E-state index contributed by atoms with van der Waals surface area (Å²) >= 11 is 0. The van der Waals surface area contributed by atoms with Gasteiger partial charge in [-0.15, -0.1) is 0 Å². The highest BCUT2D eigenvalue weighted by molar-refractivity contribution is 5.97. The van der Waals surface area contributed by atoms with Gasteiger partial charge in [-0.05, 0) is 43.6 Å². The molecule has 0 amide bonds. The van der Waals surface area contributed by atoms with Crippen LogP contribution in [0.15, 0.2) is 23.8 Å². The Morgan fingerprint density at radius 2 is 1.95 bits per heavy atom. The molecule has 0 aromatic rings. The number of aliphatic hydroxyl groups is 1. The van der Waals surface area contributed by atoms with Gasteiger partial charge in [0.1, 0.15) is 5.78 Å². The summed E-state index contributed by atoms with van der Waals surface area (Å²) in [6.45, 7) is 4.29. The maximum atomic E-state index is 12.8. The third kappa shape index (κ3) is 1.66. The largest absolute Gasteiger partial charge is 0.389 e. The quantitative estimate of drug-likeness (QED) is 0.700. The van der Waals surface area contributed by atoms with E-state index in [1.807, 2.05) is 6.08 Å². The van der Waals surface area contributed by atoms with Gasteiger partial charge in [-0.2, -0.15) is 0 Å². The third-order valence-electron chi connectivity index (χ3n) is 7.18. The summed E-state index contributed by atoms with van der Waals surface area (Å²) in [7, 11) is 0. The van der Waals surface area contributed by atoms with Crippen LogP contribution >= 0.6 is 0 Å².